The van der Waals surface area contributed by atoms with E-state index >= 15 is 0 Å². The summed E-state index contributed by atoms with van der Waals surface area (Å²) < 4.78 is 0. The number of carbonyl (C=O) groups excluding carboxylic acids is 1. The molecule has 0 aliphatic rings. The van der Waals surface area contributed by atoms with E-state index in [2.05, 4.69) is 5.32 Å². The maximum atomic E-state index is 11.7. The molecule has 0 unspecified atom stereocenters. The minimum absolute atomic E-state index is 0.355. The lowest BCUT2D eigenvalue weighted by Gasteiger charge is -2.12. The average molecular weight is 253 g/mol. The molecule has 1 aromatic rings. The van der Waals surface area contributed by atoms with Gasteiger partial charge >= 0.3 is 5.97 Å². The molecule has 0 aromatic heterocycles. The molecule has 1 amide bonds. The number of thioether (sulfide) groups is 1. The van der Waals surface area contributed by atoms with Crippen molar-refractivity contribution in [3.8, 4) is 0 Å². The van der Waals surface area contributed by atoms with Gasteiger partial charge in [-0.25, -0.2) is 4.79 Å². The van der Waals surface area contributed by atoms with Gasteiger partial charge in [-0.05, 0) is 36.9 Å². The van der Waals surface area contributed by atoms with Crippen molar-refractivity contribution in [1.82, 2.24) is 5.32 Å². The molecule has 0 saturated heterocycles. The molecule has 1 atom stereocenters. The van der Waals surface area contributed by atoms with Crippen LogP contribution in [0.4, 0.5) is 0 Å². The van der Waals surface area contributed by atoms with E-state index in [1.807, 2.05) is 18.4 Å². The second-order valence-corrected chi connectivity index (χ2v) is 4.38. The summed E-state index contributed by atoms with van der Waals surface area (Å²) in [6.07, 6.45) is 2.32. The summed E-state index contributed by atoms with van der Waals surface area (Å²) in [4.78, 5) is 23.6. The maximum Gasteiger partial charge on any atom is 0.326 e. The molecular weight excluding hydrogens is 238 g/mol. The zero-order valence-electron chi connectivity index (χ0n) is 9.77. The number of nitrogens with one attached hydrogen (secondary N) is 1. The number of rotatable bonds is 5. The van der Waals surface area contributed by atoms with Gasteiger partial charge in [0.05, 0.1) is 0 Å². The Morgan fingerprint density at radius 1 is 1.35 bits per heavy atom. The van der Waals surface area contributed by atoms with Crippen LogP contribution >= 0.6 is 11.8 Å². The van der Waals surface area contributed by atoms with Crippen molar-refractivity contribution in [2.24, 2.45) is 0 Å². The Bertz CT molecular complexity index is 403. The molecule has 0 aliphatic heterocycles. The van der Waals surface area contributed by atoms with Crippen molar-refractivity contribution >= 4 is 23.6 Å². The van der Waals surface area contributed by atoms with Crippen LogP contribution < -0.4 is 5.32 Å². The first-order valence-electron chi connectivity index (χ1n) is 5.26. The molecule has 0 heterocycles. The molecule has 0 fully saturated rings. The van der Waals surface area contributed by atoms with Gasteiger partial charge in [0.15, 0.2) is 0 Å². The molecule has 1 aromatic carbocycles. The number of carbonyl (C=O) groups is 2. The zero-order valence-corrected chi connectivity index (χ0v) is 10.6. The molecule has 4 nitrogen and oxygen atoms in total. The van der Waals surface area contributed by atoms with Crippen molar-refractivity contribution in [3.05, 3.63) is 29.8 Å². The van der Waals surface area contributed by atoms with E-state index in [0.717, 1.165) is 4.90 Å². The van der Waals surface area contributed by atoms with Crippen molar-refractivity contribution in [3.63, 3.8) is 0 Å². The Kier molecular flexibility index (Phi) is 5.03. The van der Waals surface area contributed by atoms with Crippen LogP contribution in [0.15, 0.2) is 29.2 Å². The first-order chi connectivity index (χ1) is 8.08. The van der Waals surface area contributed by atoms with Gasteiger partial charge in [-0.15, -0.1) is 11.8 Å². The summed E-state index contributed by atoms with van der Waals surface area (Å²) in [5.74, 6) is -1.37. The fourth-order valence-corrected chi connectivity index (χ4v) is 1.73. The first-order valence-corrected chi connectivity index (χ1v) is 6.48. The SMILES string of the molecule is CC[C@@H](NC(=O)c1ccc(SC)cc1)C(=O)O. The van der Waals surface area contributed by atoms with E-state index in [9.17, 15) is 9.59 Å². The molecule has 0 bridgehead atoms. The lowest BCUT2D eigenvalue weighted by Crippen LogP contribution is -2.40. The van der Waals surface area contributed by atoms with Crippen LogP contribution in [0.1, 0.15) is 23.7 Å². The highest BCUT2D eigenvalue weighted by atomic mass is 32.2. The van der Waals surface area contributed by atoms with Gasteiger partial charge in [-0.2, -0.15) is 0 Å². The lowest BCUT2D eigenvalue weighted by molar-refractivity contribution is -0.139. The minimum atomic E-state index is -1.01. The van der Waals surface area contributed by atoms with Crippen LogP contribution in [0.2, 0.25) is 0 Å². The summed E-state index contributed by atoms with van der Waals surface area (Å²) in [6, 6.07) is 6.22. The van der Waals surface area contributed by atoms with Crippen LogP contribution in [0.25, 0.3) is 0 Å². The summed E-state index contributed by atoms with van der Waals surface area (Å²) in [7, 11) is 0. The van der Waals surface area contributed by atoms with Gasteiger partial charge in [-0.3, -0.25) is 4.79 Å². The molecular formula is C12H15NO3S. The Morgan fingerprint density at radius 3 is 2.35 bits per heavy atom. The molecule has 5 heteroatoms. The van der Waals surface area contributed by atoms with Crippen LogP contribution in [-0.2, 0) is 4.79 Å². The third kappa shape index (κ3) is 3.78. The number of carboxylic acids is 1. The van der Waals surface area contributed by atoms with Crippen molar-refractivity contribution in [1.29, 1.82) is 0 Å². The topological polar surface area (TPSA) is 66.4 Å². The summed E-state index contributed by atoms with van der Waals surface area (Å²) in [5, 5.41) is 11.3. The predicted molar refractivity (Wildman–Crippen MR) is 67.4 cm³/mol. The predicted octanol–water partition coefficient (Wildman–Crippen LogP) is 2.00. The Balaban J connectivity index is 2.72. The smallest absolute Gasteiger partial charge is 0.326 e. The van der Waals surface area contributed by atoms with E-state index in [-0.39, 0.29) is 5.91 Å². The summed E-state index contributed by atoms with van der Waals surface area (Å²) in [5.41, 5.74) is 0.475. The van der Waals surface area contributed by atoms with Gasteiger partial charge < -0.3 is 10.4 Å². The monoisotopic (exact) mass is 253 g/mol. The van der Waals surface area contributed by atoms with Gasteiger partial charge in [0.25, 0.3) is 5.91 Å². The molecule has 0 saturated carbocycles. The van der Waals surface area contributed by atoms with E-state index in [0.29, 0.717) is 12.0 Å². The fourth-order valence-electron chi connectivity index (χ4n) is 1.32. The lowest BCUT2D eigenvalue weighted by atomic mass is 10.1. The second kappa shape index (κ2) is 6.30. The summed E-state index contributed by atoms with van der Waals surface area (Å²) >= 11 is 1.59. The van der Waals surface area contributed by atoms with Gasteiger partial charge in [-0.1, -0.05) is 6.92 Å². The Labute approximate surface area is 104 Å². The van der Waals surface area contributed by atoms with Crippen molar-refractivity contribution in [2.75, 3.05) is 6.26 Å². The molecule has 0 radical (unpaired) electrons. The highest BCUT2D eigenvalue weighted by Gasteiger charge is 2.18. The van der Waals surface area contributed by atoms with Crippen LogP contribution in [-0.4, -0.2) is 29.3 Å². The minimum Gasteiger partial charge on any atom is -0.480 e. The standard InChI is InChI=1S/C12H15NO3S/c1-3-10(12(15)16)13-11(14)8-4-6-9(17-2)7-5-8/h4-7,10H,3H2,1-2H3,(H,13,14)(H,15,16)/t10-/m1/s1. The van der Waals surface area contributed by atoms with E-state index in [1.165, 1.54) is 0 Å². The fraction of sp³-hybridized carbons (Fsp3) is 0.333. The number of carboxylic acid groups (broad SMARTS) is 1. The molecule has 0 aliphatic carbocycles. The van der Waals surface area contributed by atoms with E-state index < -0.39 is 12.0 Å². The van der Waals surface area contributed by atoms with Crippen LogP contribution in [0, 0.1) is 0 Å². The molecule has 17 heavy (non-hydrogen) atoms. The van der Waals surface area contributed by atoms with Gasteiger partial charge in [0, 0.05) is 10.5 Å². The van der Waals surface area contributed by atoms with Crippen molar-refractivity contribution < 1.29 is 14.7 Å². The van der Waals surface area contributed by atoms with Crippen molar-refractivity contribution in [2.45, 2.75) is 24.3 Å². The number of hydrogen-bond donors (Lipinski definition) is 2. The Morgan fingerprint density at radius 2 is 1.94 bits per heavy atom. The molecule has 2 N–H and O–H groups in total. The van der Waals surface area contributed by atoms with E-state index in [1.54, 1.807) is 30.8 Å². The van der Waals surface area contributed by atoms with Gasteiger partial charge in [0.2, 0.25) is 0 Å². The molecule has 92 valence electrons. The summed E-state index contributed by atoms with van der Waals surface area (Å²) in [6.45, 7) is 1.72. The number of benzene rings is 1. The number of hydrogen-bond acceptors (Lipinski definition) is 3. The number of amides is 1. The highest BCUT2D eigenvalue weighted by molar-refractivity contribution is 7.98. The highest BCUT2D eigenvalue weighted by Crippen LogP contribution is 2.14. The van der Waals surface area contributed by atoms with Crippen LogP contribution in [0.3, 0.4) is 0 Å². The second-order valence-electron chi connectivity index (χ2n) is 3.50. The maximum absolute atomic E-state index is 11.7. The molecule has 1 rings (SSSR count). The largest absolute Gasteiger partial charge is 0.480 e. The normalized spacial score (nSPS) is 11.9. The van der Waals surface area contributed by atoms with E-state index in [4.69, 9.17) is 5.11 Å². The zero-order chi connectivity index (χ0) is 12.8. The molecule has 0 spiro atoms. The average Bonchev–Trinajstić information content (AvgIpc) is 2.35. The Hall–Kier alpha value is -1.49. The van der Waals surface area contributed by atoms with Crippen LogP contribution in [0.5, 0.6) is 0 Å². The quantitative estimate of drug-likeness (QED) is 0.788. The number of aliphatic carboxylic acids is 1. The third-order valence-electron chi connectivity index (χ3n) is 2.36. The first kappa shape index (κ1) is 13.6. The van der Waals surface area contributed by atoms with Gasteiger partial charge in [0.1, 0.15) is 6.04 Å². The third-order valence-corrected chi connectivity index (χ3v) is 3.11.